The zero-order valence-corrected chi connectivity index (χ0v) is 20.5. The minimum absolute atomic E-state index is 0.0236. The van der Waals surface area contributed by atoms with E-state index < -0.39 is 0 Å². The van der Waals surface area contributed by atoms with Gasteiger partial charge in [-0.1, -0.05) is 48.2 Å². The molecule has 1 N–H and O–H groups in total. The summed E-state index contributed by atoms with van der Waals surface area (Å²) in [4.78, 5) is 36.9. The monoisotopic (exact) mass is 496 g/mol. The molecule has 36 heavy (non-hydrogen) atoms. The van der Waals surface area contributed by atoms with Gasteiger partial charge in [-0.3, -0.25) is 14.2 Å². The molecular weight excluding hydrogens is 472 g/mol. The summed E-state index contributed by atoms with van der Waals surface area (Å²) < 4.78 is 6.93. The quantitative estimate of drug-likeness (QED) is 0.285. The van der Waals surface area contributed by atoms with E-state index >= 15 is 0 Å². The first-order valence-corrected chi connectivity index (χ1v) is 12.8. The van der Waals surface area contributed by atoms with Crippen molar-refractivity contribution in [3.05, 3.63) is 94.4 Å². The standard InChI is InChI=1S/C28H24N4O3S/c1-35-19-8-6-7-18(15-19)32-27(34)21-10-3-5-12-24(21)30-28(32)36-17-26(33)31-14-13-25-22(16-31)20-9-2-4-11-23(20)29-25/h2-12,15,29H,13-14,16-17H2,1H3. The molecule has 0 unspecified atom stereocenters. The molecule has 0 saturated carbocycles. The molecule has 0 aliphatic carbocycles. The number of hydrogen-bond acceptors (Lipinski definition) is 5. The van der Waals surface area contributed by atoms with Crippen molar-refractivity contribution >= 4 is 39.5 Å². The van der Waals surface area contributed by atoms with Crippen molar-refractivity contribution in [2.24, 2.45) is 0 Å². The average molecular weight is 497 g/mol. The van der Waals surface area contributed by atoms with Crippen molar-refractivity contribution in [2.75, 3.05) is 19.4 Å². The van der Waals surface area contributed by atoms with Gasteiger partial charge in [0.25, 0.3) is 5.56 Å². The SMILES string of the molecule is COc1cccc(-n2c(SCC(=O)N3CCc4[nH]c5ccccc5c4C3)nc3ccccc3c2=O)c1. The number of fused-ring (bicyclic) bond motifs is 4. The van der Waals surface area contributed by atoms with Crippen LogP contribution in [0.15, 0.2) is 82.7 Å². The van der Waals surface area contributed by atoms with Crippen LogP contribution in [0.4, 0.5) is 0 Å². The van der Waals surface area contributed by atoms with Crippen molar-refractivity contribution in [3.63, 3.8) is 0 Å². The summed E-state index contributed by atoms with van der Waals surface area (Å²) >= 11 is 1.29. The Labute approximate surface area is 211 Å². The maximum atomic E-state index is 13.5. The molecule has 3 heterocycles. The van der Waals surface area contributed by atoms with Gasteiger partial charge in [-0.05, 0) is 30.3 Å². The lowest BCUT2D eigenvalue weighted by molar-refractivity contribution is -0.129. The van der Waals surface area contributed by atoms with Gasteiger partial charge in [-0.15, -0.1) is 0 Å². The summed E-state index contributed by atoms with van der Waals surface area (Å²) in [5.41, 5.74) is 4.58. The predicted molar refractivity (Wildman–Crippen MR) is 142 cm³/mol. The third kappa shape index (κ3) is 3.93. The smallest absolute Gasteiger partial charge is 0.266 e. The lowest BCUT2D eigenvalue weighted by Gasteiger charge is -2.27. The van der Waals surface area contributed by atoms with Crippen LogP contribution in [0.25, 0.3) is 27.5 Å². The van der Waals surface area contributed by atoms with Gasteiger partial charge >= 0.3 is 0 Å². The average Bonchev–Trinajstić information content (AvgIpc) is 3.30. The van der Waals surface area contributed by atoms with Gasteiger partial charge in [0.05, 0.1) is 29.5 Å². The van der Waals surface area contributed by atoms with Gasteiger partial charge in [-0.2, -0.15) is 0 Å². The molecule has 7 nitrogen and oxygen atoms in total. The van der Waals surface area contributed by atoms with E-state index in [0.29, 0.717) is 40.6 Å². The number of carbonyl (C=O) groups excluding carboxylic acids is 1. The molecule has 5 aromatic rings. The molecule has 2 aromatic heterocycles. The molecule has 1 amide bonds. The molecule has 1 aliphatic heterocycles. The van der Waals surface area contributed by atoms with E-state index in [4.69, 9.17) is 9.72 Å². The second kappa shape index (κ2) is 9.20. The van der Waals surface area contributed by atoms with E-state index in [9.17, 15) is 9.59 Å². The van der Waals surface area contributed by atoms with Crippen LogP contribution >= 0.6 is 11.8 Å². The molecule has 0 spiro atoms. The molecule has 3 aromatic carbocycles. The van der Waals surface area contributed by atoms with Crippen LogP contribution in [0.2, 0.25) is 0 Å². The maximum absolute atomic E-state index is 13.5. The molecular formula is C28H24N4O3S. The van der Waals surface area contributed by atoms with Crippen molar-refractivity contribution in [2.45, 2.75) is 18.1 Å². The van der Waals surface area contributed by atoms with Crippen LogP contribution < -0.4 is 10.3 Å². The molecule has 0 radical (unpaired) electrons. The summed E-state index contributed by atoms with van der Waals surface area (Å²) in [6.45, 7) is 1.24. The van der Waals surface area contributed by atoms with Crippen LogP contribution in [-0.4, -0.2) is 44.7 Å². The first kappa shape index (κ1) is 22.4. The summed E-state index contributed by atoms with van der Waals surface area (Å²) in [6, 6.07) is 22.8. The fraction of sp³-hybridized carbons (Fsp3) is 0.179. The van der Waals surface area contributed by atoms with Crippen molar-refractivity contribution < 1.29 is 9.53 Å². The number of nitrogens with one attached hydrogen (secondary N) is 1. The van der Waals surface area contributed by atoms with Gasteiger partial charge in [0.15, 0.2) is 5.16 Å². The van der Waals surface area contributed by atoms with Gasteiger partial charge < -0.3 is 14.6 Å². The highest BCUT2D eigenvalue weighted by Crippen LogP contribution is 2.29. The molecule has 180 valence electrons. The fourth-order valence-corrected chi connectivity index (χ4v) is 5.70. The zero-order valence-electron chi connectivity index (χ0n) is 19.7. The number of aromatic nitrogens is 3. The Morgan fingerprint density at radius 2 is 1.86 bits per heavy atom. The highest BCUT2D eigenvalue weighted by atomic mass is 32.2. The van der Waals surface area contributed by atoms with E-state index in [-0.39, 0.29) is 17.2 Å². The number of nitrogens with zero attached hydrogens (tertiary/aromatic N) is 3. The van der Waals surface area contributed by atoms with E-state index in [2.05, 4.69) is 17.1 Å². The van der Waals surface area contributed by atoms with Crippen LogP contribution in [-0.2, 0) is 17.8 Å². The number of thioether (sulfide) groups is 1. The molecule has 0 saturated heterocycles. The van der Waals surface area contributed by atoms with E-state index in [1.54, 1.807) is 23.8 Å². The number of carbonyl (C=O) groups is 1. The Morgan fingerprint density at radius 3 is 2.72 bits per heavy atom. The van der Waals surface area contributed by atoms with Gasteiger partial charge in [0, 0.05) is 47.7 Å². The van der Waals surface area contributed by atoms with E-state index in [0.717, 1.165) is 11.9 Å². The number of hydrogen-bond donors (Lipinski definition) is 1. The second-order valence-corrected chi connectivity index (χ2v) is 9.68. The van der Waals surface area contributed by atoms with Crippen molar-refractivity contribution in [1.29, 1.82) is 0 Å². The lowest BCUT2D eigenvalue weighted by atomic mass is 10.0. The summed E-state index contributed by atoms with van der Waals surface area (Å²) in [6.07, 6.45) is 0.795. The first-order chi connectivity index (χ1) is 17.6. The number of para-hydroxylation sites is 2. The third-order valence-electron chi connectivity index (χ3n) is 6.62. The zero-order chi connectivity index (χ0) is 24.6. The molecule has 6 rings (SSSR count). The minimum Gasteiger partial charge on any atom is -0.497 e. The Bertz CT molecular complexity index is 1670. The summed E-state index contributed by atoms with van der Waals surface area (Å²) in [7, 11) is 1.59. The van der Waals surface area contributed by atoms with Crippen LogP contribution in [0.5, 0.6) is 5.75 Å². The highest BCUT2D eigenvalue weighted by molar-refractivity contribution is 7.99. The largest absolute Gasteiger partial charge is 0.497 e. The third-order valence-corrected chi connectivity index (χ3v) is 7.54. The number of rotatable bonds is 5. The fourth-order valence-electron chi connectivity index (χ4n) is 4.78. The second-order valence-electron chi connectivity index (χ2n) is 8.74. The normalized spacial score (nSPS) is 13.2. The van der Waals surface area contributed by atoms with Gasteiger partial charge in [-0.25, -0.2) is 4.98 Å². The van der Waals surface area contributed by atoms with Gasteiger partial charge in [0.2, 0.25) is 5.91 Å². The number of benzene rings is 3. The van der Waals surface area contributed by atoms with E-state index in [1.807, 2.05) is 53.4 Å². The molecule has 1 aliphatic rings. The van der Waals surface area contributed by atoms with Crippen molar-refractivity contribution in [1.82, 2.24) is 19.4 Å². The van der Waals surface area contributed by atoms with Gasteiger partial charge in [0.1, 0.15) is 5.75 Å². The molecule has 0 fully saturated rings. The number of methoxy groups -OCH3 is 1. The number of ether oxygens (including phenoxy) is 1. The van der Waals surface area contributed by atoms with Crippen LogP contribution in [0, 0.1) is 0 Å². The number of amides is 1. The Balaban J connectivity index is 1.31. The molecule has 8 heteroatoms. The Kier molecular flexibility index (Phi) is 5.73. The van der Waals surface area contributed by atoms with E-state index in [1.165, 1.54) is 28.4 Å². The number of H-pyrrole nitrogens is 1. The van der Waals surface area contributed by atoms with Crippen LogP contribution in [0.3, 0.4) is 0 Å². The predicted octanol–water partition coefficient (Wildman–Crippen LogP) is 4.55. The minimum atomic E-state index is -0.176. The Hall–Kier alpha value is -4.04. The lowest BCUT2D eigenvalue weighted by Crippen LogP contribution is -2.37. The Morgan fingerprint density at radius 1 is 1.06 bits per heavy atom. The molecule has 0 bridgehead atoms. The number of aromatic amines is 1. The van der Waals surface area contributed by atoms with Crippen molar-refractivity contribution in [3.8, 4) is 11.4 Å². The molecule has 0 atom stereocenters. The first-order valence-electron chi connectivity index (χ1n) is 11.8. The van der Waals surface area contributed by atoms with Crippen LogP contribution in [0.1, 0.15) is 11.3 Å². The summed E-state index contributed by atoms with van der Waals surface area (Å²) in [5.74, 6) is 0.852. The maximum Gasteiger partial charge on any atom is 0.266 e. The summed E-state index contributed by atoms with van der Waals surface area (Å²) in [5, 5.41) is 2.17. The topological polar surface area (TPSA) is 80.2 Å². The highest BCUT2D eigenvalue weighted by Gasteiger charge is 2.24.